The maximum Gasteiger partial charge on any atom is 0.227 e. The summed E-state index contributed by atoms with van der Waals surface area (Å²) in [5.41, 5.74) is 2.84. The summed E-state index contributed by atoms with van der Waals surface area (Å²) in [4.78, 5) is 19.7. The number of amides is 1. The van der Waals surface area contributed by atoms with Gasteiger partial charge in [-0.1, -0.05) is 24.3 Å². The normalized spacial score (nSPS) is 15.5. The highest BCUT2D eigenvalue weighted by Gasteiger charge is 2.34. The molecule has 4 aromatic rings. The number of methoxy groups -OCH3 is 1. The average Bonchev–Trinajstić information content (AvgIpc) is 3.46. The minimum atomic E-state index is -0.00675. The van der Waals surface area contributed by atoms with E-state index in [1.807, 2.05) is 78.6 Å². The average molecular weight is 472 g/mol. The van der Waals surface area contributed by atoms with E-state index >= 15 is 0 Å². The maximum atomic E-state index is 13.0. The Morgan fingerprint density at radius 1 is 0.943 bits per heavy atom. The van der Waals surface area contributed by atoms with E-state index in [2.05, 4.69) is 10.6 Å². The van der Waals surface area contributed by atoms with E-state index in [1.54, 1.807) is 7.11 Å². The monoisotopic (exact) mass is 471 g/mol. The number of benzene rings is 3. The van der Waals surface area contributed by atoms with Crippen LogP contribution < -0.4 is 19.1 Å². The molecule has 1 saturated heterocycles. The van der Waals surface area contributed by atoms with Gasteiger partial charge < -0.3 is 23.7 Å². The summed E-state index contributed by atoms with van der Waals surface area (Å²) in [6, 6.07) is 23.4. The number of hydrogen-bond acceptors (Lipinski definition) is 5. The zero-order valence-corrected chi connectivity index (χ0v) is 20.0. The van der Waals surface area contributed by atoms with Crippen LogP contribution in [0, 0.1) is 0 Å². The van der Waals surface area contributed by atoms with Crippen molar-refractivity contribution in [1.29, 1.82) is 0 Å². The van der Waals surface area contributed by atoms with Crippen LogP contribution in [0.3, 0.4) is 0 Å². The number of nitrogens with zero attached hydrogens (tertiary/aromatic N) is 3. The number of carbonyl (C=O) groups is 1. The van der Waals surface area contributed by atoms with E-state index in [4.69, 9.17) is 19.2 Å². The van der Waals surface area contributed by atoms with E-state index in [0.29, 0.717) is 32.7 Å². The summed E-state index contributed by atoms with van der Waals surface area (Å²) in [6.07, 6.45) is 0.420. The zero-order valence-electron chi connectivity index (χ0n) is 20.0. The second kappa shape index (κ2) is 10.1. The molecule has 1 aromatic heterocycles. The summed E-state index contributed by atoms with van der Waals surface area (Å²) in [5.74, 6) is 3.24. The van der Waals surface area contributed by atoms with Crippen LogP contribution >= 0.6 is 0 Å². The van der Waals surface area contributed by atoms with Gasteiger partial charge in [-0.3, -0.25) is 4.79 Å². The van der Waals surface area contributed by atoms with Gasteiger partial charge in [-0.2, -0.15) is 0 Å². The molecule has 180 valence electrons. The lowest BCUT2D eigenvalue weighted by molar-refractivity contribution is -0.117. The fraction of sp³-hybridized carbons (Fsp3) is 0.286. The van der Waals surface area contributed by atoms with Gasteiger partial charge in [0, 0.05) is 24.6 Å². The van der Waals surface area contributed by atoms with Gasteiger partial charge in [0.15, 0.2) is 11.5 Å². The van der Waals surface area contributed by atoms with Crippen LogP contribution in [-0.2, 0) is 11.3 Å². The van der Waals surface area contributed by atoms with Gasteiger partial charge in [-0.15, -0.1) is 0 Å². The smallest absolute Gasteiger partial charge is 0.227 e. The lowest BCUT2D eigenvalue weighted by Gasteiger charge is -2.18. The van der Waals surface area contributed by atoms with Crippen molar-refractivity contribution in [2.24, 2.45) is 0 Å². The summed E-state index contributed by atoms with van der Waals surface area (Å²) in [7, 11) is 1.63. The molecule has 7 nitrogen and oxygen atoms in total. The molecule has 0 spiro atoms. The largest absolute Gasteiger partial charge is 0.497 e. The lowest BCUT2D eigenvalue weighted by Crippen LogP contribution is -2.24. The molecule has 0 saturated carbocycles. The van der Waals surface area contributed by atoms with Gasteiger partial charge >= 0.3 is 0 Å². The predicted octanol–water partition coefficient (Wildman–Crippen LogP) is 5.04. The molecule has 0 radical (unpaired) electrons. The van der Waals surface area contributed by atoms with Crippen LogP contribution in [0.15, 0.2) is 72.8 Å². The van der Waals surface area contributed by atoms with Gasteiger partial charge in [0.1, 0.15) is 18.2 Å². The number of ether oxygens (including phenoxy) is 3. The van der Waals surface area contributed by atoms with Gasteiger partial charge in [0.2, 0.25) is 5.91 Å². The molecule has 0 bridgehead atoms. The molecular weight excluding hydrogens is 442 g/mol. The molecule has 1 aliphatic rings. The third kappa shape index (κ3) is 4.67. The highest BCUT2D eigenvalue weighted by molar-refractivity contribution is 5.96. The van der Waals surface area contributed by atoms with Gasteiger partial charge in [-0.05, 0) is 55.5 Å². The highest BCUT2D eigenvalue weighted by atomic mass is 16.5. The molecule has 5 rings (SSSR count). The molecule has 7 heteroatoms. The minimum absolute atomic E-state index is 0.00675. The van der Waals surface area contributed by atoms with E-state index < -0.39 is 0 Å². The third-order valence-electron chi connectivity index (χ3n) is 6.28. The summed E-state index contributed by atoms with van der Waals surface area (Å²) in [6.45, 7) is 4.20. The van der Waals surface area contributed by atoms with Crippen LogP contribution in [-0.4, -0.2) is 42.3 Å². The Balaban J connectivity index is 1.37. The first-order valence-electron chi connectivity index (χ1n) is 11.9. The standard InChI is InChI=1S/C28H29N3O4/c1-3-34-25-10-6-7-11-26(25)35-17-16-30-24-9-5-4-8-23(24)29-28(30)20-18-27(32)31(19-20)21-12-14-22(33-2)15-13-21/h4-15,20H,3,16-19H2,1-2H3. The third-order valence-corrected chi connectivity index (χ3v) is 6.28. The molecule has 2 heterocycles. The summed E-state index contributed by atoms with van der Waals surface area (Å²) < 4.78 is 19.2. The Kier molecular flexibility index (Phi) is 6.57. The van der Waals surface area contributed by atoms with Crippen molar-refractivity contribution in [3.05, 3.63) is 78.6 Å². The van der Waals surface area contributed by atoms with Crippen molar-refractivity contribution >= 4 is 22.6 Å². The molecule has 1 amide bonds. The highest BCUT2D eigenvalue weighted by Crippen LogP contribution is 2.34. The van der Waals surface area contributed by atoms with Crippen molar-refractivity contribution in [2.45, 2.75) is 25.8 Å². The number of para-hydroxylation sites is 4. The topological polar surface area (TPSA) is 65.8 Å². The van der Waals surface area contributed by atoms with Gasteiger partial charge in [0.05, 0.1) is 31.3 Å². The Morgan fingerprint density at radius 3 is 2.40 bits per heavy atom. The van der Waals surface area contributed by atoms with E-state index in [-0.39, 0.29) is 11.8 Å². The fourth-order valence-electron chi connectivity index (χ4n) is 4.62. The number of hydrogen-bond donors (Lipinski definition) is 0. The first-order valence-corrected chi connectivity index (χ1v) is 11.9. The zero-order chi connectivity index (χ0) is 24.2. The molecule has 35 heavy (non-hydrogen) atoms. The predicted molar refractivity (Wildman–Crippen MR) is 136 cm³/mol. The maximum absolute atomic E-state index is 13.0. The van der Waals surface area contributed by atoms with Crippen molar-refractivity contribution < 1.29 is 19.0 Å². The molecule has 1 unspecified atom stereocenters. The van der Waals surface area contributed by atoms with Crippen molar-refractivity contribution in [3.63, 3.8) is 0 Å². The number of rotatable bonds is 9. The Labute approximate surface area is 204 Å². The van der Waals surface area contributed by atoms with Gasteiger partial charge in [0.25, 0.3) is 0 Å². The lowest BCUT2D eigenvalue weighted by atomic mass is 10.1. The van der Waals surface area contributed by atoms with Crippen LogP contribution in [0.5, 0.6) is 17.2 Å². The Morgan fingerprint density at radius 2 is 1.66 bits per heavy atom. The van der Waals surface area contributed by atoms with E-state index in [1.165, 1.54) is 0 Å². The molecule has 1 aliphatic heterocycles. The van der Waals surface area contributed by atoms with Gasteiger partial charge in [-0.25, -0.2) is 4.98 Å². The molecule has 1 fully saturated rings. The number of aromatic nitrogens is 2. The molecular formula is C28H29N3O4. The molecule has 0 aliphatic carbocycles. The Hall–Kier alpha value is -4.00. The molecule has 3 aromatic carbocycles. The van der Waals surface area contributed by atoms with Crippen molar-refractivity contribution in [3.8, 4) is 17.2 Å². The number of imidazole rings is 1. The summed E-state index contributed by atoms with van der Waals surface area (Å²) in [5, 5.41) is 0. The first-order chi connectivity index (χ1) is 17.2. The van der Waals surface area contributed by atoms with Crippen molar-refractivity contribution in [2.75, 3.05) is 31.8 Å². The fourth-order valence-corrected chi connectivity index (χ4v) is 4.62. The quantitative estimate of drug-likeness (QED) is 0.342. The van der Waals surface area contributed by atoms with E-state index in [0.717, 1.165) is 39.8 Å². The van der Waals surface area contributed by atoms with Crippen LogP contribution in [0.2, 0.25) is 0 Å². The summed E-state index contributed by atoms with van der Waals surface area (Å²) >= 11 is 0. The minimum Gasteiger partial charge on any atom is -0.497 e. The SMILES string of the molecule is CCOc1ccccc1OCCn1c(C2CC(=O)N(c3ccc(OC)cc3)C2)nc2ccccc21. The first kappa shape index (κ1) is 22.8. The molecule has 0 N–H and O–H groups in total. The van der Waals surface area contributed by atoms with Crippen molar-refractivity contribution in [1.82, 2.24) is 9.55 Å². The Bertz CT molecular complexity index is 1320. The number of fused-ring (bicyclic) bond motifs is 1. The number of anilines is 1. The second-order valence-electron chi connectivity index (χ2n) is 8.44. The molecule has 1 atom stereocenters. The van der Waals surface area contributed by atoms with Crippen LogP contribution in [0.1, 0.15) is 25.1 Å². The van der Waals surface area contributed by atoms with Crippen LogP contribution in [0.25, 0.3) is 11.0 Å². The van der Waals surface area contributed by atoms with E-state index in [9.17, 15) is 4.79 Å². The second-order valence-corrected chi connectivity index (χ2v) is 8.44. The number of carbonyl (C=O) groups excluding carboxylic acids is 1. The van der Waals surface area contributed by atoms with Crippen LogP contribution in [0.4, 0.5) is 5.69 Å².